The van der Waals surface area contributed by atoms with E-state index in [-0.39, 0.29) is 19.1 Å². The van der Waals surface area contributed by atoms with E-state index in [9.17, 15) is 9.59 Å². The zero-order valence-electron chi connectivity index (χ0n) is 12.3. The summed E-state index contributed by atoms with van der Waals surface area (Å²) in [5.74, 6) is -0.362. The predicted molar refractivity (Wildman–Crippen MR) is 72.3 cm³/mol. The Labute approximate surface area is 118 Å². The van der Waals surface area contributed by atoms with Gasteiger partial charge in [0.1, 0.15) is 5.76 Å². The van der Waals surface area contributed by atoms with Gasteiger partial charge in [0.15, 0.2) is 0 Å². The molecular formula is C13H21N3O4. The number of carbonyl (C=O) groups excluding carboxylic acids is 1. The number of aromatic nitrogens is 1. The molecule has 0 aromatic carbocycles. The van der Waals surface area contributed by atoms with E-state index in [0.29, 0.717) is 12.4 Å². The monoisotopic (exact) mass is 283 g/mol. The van der Waals surface area contributed by atoms with E-state index >= 15 is 0 Å². The van der Waals surface area contributed by atoms with Crippen molar-refractivity contribution < 1.29 is 19.1 Å². The van der Waals surface area contributed by atoms with Crippen molar-refractivity contribution in [3.05, 3.63) is 17.3 Å². The van der Waals surface area contributed by atoms with Crippen molar-refractivity contribution in [2.75, 3.05) is 13.1 Å². The molecule has 1 unspecified atom stereocenters. The van der Waals surface area contributed by atoms with Crippen LogP contribution in [0.25, 0.3) is 0 Å². The van der Waals surface area contributed by atoms with Gasteiger partial charge in [0, 0.05) is 13.1 Å². The highest BCUT2D eigenvalue weighted by Crippen LogP contribution is 2.08. The normalized spacial score (nSPS) is 12.0. The van der Waals surface area contributed by atoms with Crippen molar-refractivity contribution in [1.29, 1.82) is 0 Å². The molecule has 112 valence electrons. The lowest BCUT2D eigenvalue weighted by molar-refractivity contribution is -0.141. The number of aliphatic carboxylic acids is 1. The van der Waals surface area contributed by atoms with Crippen molar-refractivity contribution in [3.8, 4) is 0 Å². The van der Waals surface area contributed by atoms with E-state index in [2.05, 4.69) is 10.3 Å². The number of carboxylic acids is 1. The minimum absolute atomic E-state index is 0.168. The van der Waals surface area contributed by atoms with Gasteiger partial charge < -0.3 is 19.7 Å². The molecule has 2 amide bonds. The minimum Gasteiger partial charge on any atom is -0.481 e. The van der Waals surface area contributed by atoms with Gasteiger partial charge in [0.05, 0.1) is 18.2 Å². The SMILES string of the molecule is CCN(CC(C)C(=O)O)C(=O)NCc1nc(C)c(C)o1. The Hall–Kier alpha value is -2.05. The van der Waals surface area contributed by atoms with Crippen LogP contribution in [0.1, 0.15) is 31.2 Å². The number of oxazole rings is 1. The van der Waals surface area contributed by atoms with Gasteiger partial charge in [0.25, 0.3) is 0 Å². The molecule has 2 N–H and O–H groups in total. The van der Waals surface area contributed by atoms with Crippen LogP contribution in [0, 0.1) is 19.8 Å². The number of aryl methyl sites for hydroxylation is 2. The smallest absolute Gasteiger partial charge is 0.317 e. The van der Waals surface area contributed by atoms with E-state index in [1.165, 1.54) is 4.90 Å². The van der Waals surface area contributed by atoms with Gasteiger partial charge in [-0.1, -0.05) is 6.92 Å². The lowest BCUT2D eigenvalue weighted by atomic mass is 10.2. The number of nitrogens with zero attached hydrogens (tertiary/aromatic N) is 2. The number of hydrogen-bond donors (Lipinski definition) is 2. The quantitative estimate of drug-likeness (QED) is 0.825. The molecule has 1 aromatic rings. The molecule has 0 spiro atoms. The van der Waals surface area contributed by atoms with Crippen LogP contribution in [0.15, 0.2) is 4.42 Å². The summed E-state index contributed by atoms with van der Waals surface area (Å²) in [6.07, 6.45) is 0. The van der Waals surface area contributed by atoms with Crippen molar-refractivity contribution in [3.63, 3.8) is 0 Å². The second kappa shape index (κ2) is 6.93. The maximum Gasteiger partial charge on any atom is 0.317 e. The third-order valence-electron chi connectivity index (χ3n) is 3.05. The highest BCUT2D eigenvalue weighted by atomic mass is 16.4. The topological polar surface area (TPSA) is 95.7 Å². The standard InChI is InChI=1S/C13H21N3O4/c1-5-16(7-8(2)12(17)18)13(19)14-6-11-15-9(3)10(4)20-11/h8H,5-7H2,1-4H3,(H,14,19)(H,17,18). The molecule has 7 nitrogen and oxygen atoms in total. The van der Waals surface area contributed by atoms with E-state index in [1.807, 2.05) is 6.92 Å². The molecule has 0 aliphatic carbocycles. The molecule has 1 rings (SSSR count). The van der Waals surface area contributed by atoms with Gasteiger partial charge in [-0.15, -0.1) is 0 Å². The molecular weight excluding hydrogens is 262 g/mol. The summed E-state index contributed by atoms with van der Waals surface area (Å²) < 4.78 is 5.36. The lowest BCUT2D eigenvalue weighted by Gasteiger charge is -2.22. The Kier molecular flexibility index (Phi) is 5.54. The molecule has 0 bridgehead atoms. The maximum atomic E-state index is 11.9. The molecule has 0 radical (unpaired) electrons. The fourth-order valence-corrected chi connectivity index (χ4v) is 1.64. The van der Waals surface area contributed by atoms with E-state index in [0.717, 1.165) is 11.5 Å². The van der Waals surface area contributed by atoms with Crippen LogP contribution in [-0.4, -0.2) is 40.1 Å². The number of carboxylic acid groups (broad SMARTS) is 1. The Morgan fingerprint density at radius 2 is 2.10 bits per heavy atom. The van der Waals surface area contributed by atoms with Gasteiger partial charge in [-0.2, -0.15) is 0 Å². The summed E-state index contributed by atoms with van der Waals surface area (Å²) in [5, 5.41) is 11.5. The van der Waals surface area contributed by atoms with Crippen LogP contribution in [0.4, 0.5) is 4.79 Å². The first-order valence-electron chi connectivity index (χ1n) is 6.53. The number of carbonyl (C=O) groups is 2. The fourth-order valence-electron chi connectivity index (χ4n) is 1.64. The Morgan fingerprint density at radius 3 is 2.55 bits per heavy atom. The number of hydrogen-bond acceptors (Lipinski definition) is 4. The van der Waals surface area contributed by atoms with Gasteiger partial charge >= 0.3 is 12.0 Å². The van der Waals surface area contributed by atoms with Crippen LogP contribution in [0.3, 0.4) is 0 Å². The third-order valence-corrected chi connectivity index (χ3v) is 3.05. The molecule has 1 aromatic heterocycles. The highest BCUT2D eigenvalue weighted by Gasteiger charge is 2.19. The van der Waals surface area contributed by atoms with Crippen molar-refractivity contribution >= 4 is 12.0 Å². The second-order valence-electron chi connectivity index (χ2n) is 4.69. The summed E-state index contributed by atoms with van der Waals surface area (Å²) >= 11 is 0. The van der Waals surface area contributed by atoms with E-state index in [1.54, 1.807) is 20.8 Å². The molecule has 0 aliphatic rings. The number of amides is 2. The van der Waals surface area contributed by atoms with Crippen molar-refractivity contribution in [2.45, 2.75) is 34.2 Å². The summed E-state index contributed by atoms with van der Waals surface area (Å²) in [7, 11) is 0. The number of nitrogens with one attached hydrogen (secondary N) is 1. The van der Waals surface area contributed by atoms with Crippen LogP contribution >= 0.6 is 0 Å². The number of rotatable bonds is 6. The summed E-state index contributed by atoms with van der Waals surface area (Å²) in [4.78, 5) is 28.4. The molecule has 0 fully saturated rings. The van der Waals surface area contributed by atoms with Crippen molar-refractivity contribution in [2.24, 2.45) is 5.92 Å². The average molecular weight is 283 g/mol. The minimum atomic E-state index is -0.921. The predicted octanol–water partition coefficient (Wildman–Crippen LogP) is 1.54. The molecule has 0 saturated heterocycles. The van der Waals surface area contributed by atoms with E-state index in [4.69, 9.17) is 9.52 Å². The zero-order valence-corrected chi connectivity index (χ0v) is 12.3. The summed E-state index contributed by atoms with van der Waals surface area (Å²) in [6.45, 7) is 7.80. The Morgan fingerprint density at radius 1 is 1.45 bits per heavy atom. The highest BCUT2D eigenvalue weighted by molar-refractivity contribution is 5.75. The first kappa shape index (κ1) is 16.0. The Balaban J connectivity index is 2.53. The van der Waals surface area contributed by atoms with Gasteiger partial charge in [-0.3, -0.25) is 4.79 Å². The second-order valence-corrected chi connectivity index (χ2v) is 4.69. The van der Waals surface area contributed by atoms with E-state index < -0.39 is 11.9 Å². The van der Waals surface area contributed by atoms with Crippen LogP contribution in [0.5, 0.6) is 0 Å². The molecule has 1 heterocycles. The van der Waals surface area contributed by atoms with Crippen molar-refractivity contribution in [1.82, 2.24) is 15.2 Å². The first-order chi connectivity index (χ1) is 9.35. The lowest BCUT2D eigenvalue weighted by Crippen LogP contribution is -2.42. The zero-order chi connectivity index (χ0) is 15.3. The molecule has 0 aliphatic heterocycles. The van der Waals surface area contributed by atoms with Gasteiger partial charge in [-0.25, -0.2) is 9.78 Å². The van der Waals surface area contributed by atoms with Gasteiger partial charge in [0.2, 0.25) is 5.89 Å². The van der Waals surface area contributed by atoms with Crippen LogP contribution < -0.4 is 5.32 Å². The average Bonchev–Trinajstić information content (AvgIpc) is 2.71. The molecule has 0 saturated carbocycles. The first-order valence-corrected chi connectivity index (χ1v) is 6.53. The summed E-state index contributed by atoms with van der Waals surface area (Å²) in [5.41, 5.74) is 0.793. The number of urea groups is 1. The van der Waals surface area contributed by atoms with Crippen LogP contribution in [0.2, 0.25) is 0 Å². The largest absolute Gasteiger partial charge is 0.481 e. The molecule has 20 heavy (non-hydrogen) atoms. The maximum absolute atomic E-state index is 11.9. The third kappa shape index (κ3) is 4.25. The van der Waals surface area contributed by atoms with Crippen LogP contribution in [-0.2, 0) is 11.3 Å². The fraction of sp³-hybridized carbons (Fsp3) is 0.615. The molecule has 7 heteroatoms. The molecule has 1 atom stereocenters. The summed E-state index contributed by atoms with van der Waals surface area (Å²) in [6, 6.07) is -0.325. The Bertz CT molecular complexity index is 464. The van der Waals surface area contributed by atoms with Gasteiger partial charge in [-0.05, 0) is 20.8 Å².